The Kier molecular flexibility index (Phi) is 4.57. The molecule has 1 aliphatic rings. The number of rotatable bonds is 0. The number of carbonyl (C=O) groups is 3. The minimum absolute atomic E-state index is 0.368. The molecular weight excluding hydrogens is 360 g/mol. The van der Waals surface area contributed by atoms with Gasteiger partial charge in [0.1, 0.15) is 11.2 Å². The van der Waals surface area contributed by atoms with E-state index in [-0.39, 0.29) is 0 Å². The fourth-order valence-electron chi connectivity index (χ4n) is 2.95. The number of carbonyl (C=O) groups excluding carboxylic acids is 3. The molecule has 0 saturated heterocycles. The Hall–Kier alpha value is -3.09. The third kappa shape index (κ3) is 3.65. The zero-order valence-electron chi connectivity index (χ0n) is 16.9. The van der Waals surface area contributed by atoms with Gasteiger partial charge < -0.3 is 9.47 Å². The van der Waals surface area contributed by atoms with E-state index in [9.17, 15) is 14.4 Å². The molecule has 3 rings (SSSR count). The summed E-state index contributed by atoms with van der Waals surface area (Å²) in [5, 5.41) is 1.38. The second-order valence-electron chi connectivity index (χ2n) is 8.57. The number of hydrogen-bond donors (Lipinski definition) is 0. The van der Waals surface area contributed by atoms with Crippen molar-refractivity contribution in [1.82, 2.24) is 0 Å². The van der Waals surface area contributed by atoms with Crippen LogP contribution >= 0.6 is 0 Å². The van der Waals surface area contributed by atoms with Gasteiger partial charge in [0, 0.05) is 5.39 Å². The average Bonchev–Trinajstić information content (AvgIpc) is 2.51. The summed E-state index contributed by atoms with van der Waals surface area (Å²) in [6, 6.07) is 9.65. The van der Waals surface area contributed by atoms with Crippen molar-refractivity contribution in [3.63, 3.8) is 0 Å². The first-order valence-electron chi connectivity index (χ1n) is 9.01. The van der Waals surface area contributed by atoms with Crippen LogP contribution in [0.2, 0.25) is 0 Å². The standard InChI is InChI=1S/C21H24N2O5/c1-20(2,3)27-18(25)22-14-11-7-9-13-10-8-12-15(16(13)14)23(17(22)24)19(26)28-21(4,5)6/h7-12H,1-6H3. The second kappa shape index (κ2) is 6.51. The maximum atomic E-state index is 13.2. The third-order valence-corrected chi connectivity index (χ3v) is 3.88. The molecule has 1 heterocycles. The number of anilines is 2. The molecule has 2 aromatic rings. The predicted molar refractivity (Wildman–Crippen MR) is 107 cm³/mol. The summed E-state index contributed by atoms with van der Waals surface area (Å²) in [7, 11) is 0. The molecule has 0 aliphatic carbocycles. The van der Waals surface area contributed by atoms with Crippen LogP contribution in [0.25, 0.3) is 10.8 Å². The summed E-state index contributed by atoms with van der Waals surface area (Å²) in [4.78, 5) is 40.7. The molecular formula is C21H24N2O5. The maximum Gasteiger partial charge on any atom is 0.423 e. The molecule has 0 atom stereocenters. The Morgan fingerprint density at radius 1 is 0.750 bits per heavy atom. The quantitative estimate of drug-likeness (QED) is 0.603. The number of benzene rings is 2. The van der Waals surface area contributed by atoms with Gasteiger partial charge >= 0.3 is 18.2 Å². The zero-order chi connectivity index (χ0) is 20.9. The Labute approximate surface area is 163 Å². The summed E-state index contributed by atoms with van der Waals surface area (Å²) >= 11 is 0. The lowest BCUT2D eigenvalue weighted by Crippen LogP contribution is -2.53. The van der Waals surface area contributed by atoms with Crippen molar-refractivity contribution in [1.29, 1.82) is 0 Å². The van der Waals surface area contributed by atoms with Crippen molar-refractivity contribution >= 4 is 40.4 Å². The van der Waals surface area contributed by atoms with Gasteiger partial charge in [-0.15, -0.1) is 0 Å². The number of nitrogens with zero attached hydrogens (tertiary/aromatic N) is 2. The van der Waals surface area contributed by atoms with Crippen LogP contribution in [0.1, 0.15) is 41.5 Å². The molecule has 0 saturated carbocycles. The van der Waals surface area contributed by atoms with E-state index >= 15 is 0 Å². The van der Waals surface area contributed by atoms with E-state index in [0.29, 0.717) is 16.8 Å². The van der Waals surface area contributed by atoms with Gasteiger partial charge in [0.2, 0.25) is 0 Å². The minimum Gasteiger partial charge on any atom is -0.443 e. The molecule has 1 aliphatic heterocycles. The van der Waals surface area contributed by atoms with E-state index in [4.69, 9.17) is 9.47 Å². The minimum atomic E-state index is -0.854. The van der Waals surface area contributed by atoms with Gasteiger partial charge in [-0.1, -0.05) is 24.3 Å². The number of urea groups is 1. The monoisotopic (exact) mass is 384 g/mol. The van der Waals surface area contributed by atoms with Gasteiger partial charge in [0.05, 0.1) is 11.4 Å². The Balaban J connectivity index is 2.19. The van der Waals surface area contributed by atoms with Gasteiger partial charge in [-0.2, -0.15) is 9.80 Å². The molecule has 28 heavy (non-hydrogen) atoms. The lowest BCUT2D eigenvalue weighted by atomic mass is 10.0. The first-order valence-corrected chi connectivity index (χ1v) is 9.01. The highest BCUT2D eigenvalue weighted by atomic mass is 16.6. The summed E-state index contributed by atoms with van der Waals surface area (Å²) < 4.78 is 10.8. The SMILES string of the molecule is CC(C)(C)OC(=O)N1C(=O)N(C(=O)OC(C)(C)C)c2cccc3cccc1c23. The van der Waals surface area contributed by atoms with E-state index in [1.165, 1.54) is 0 Å². The van der Waals surface area contributed by atoms with Gasteiger partial charge in [0.25, 0.3) is 0 Å². The van der Waals surface area contributed by atoms with Crippen LogP contribution in [0.3, 0.4) is 0 Å². The van der Waals surface area contributed by atoms with E-state index in [1.807, 2.05) is 12.1 Å². The van der Waals surface area contributed by atoms with Crippen LogP contribution < -0.4 is 9.80 Å². The molecule has 2 aromatic carbocycles. The van der Waals surface area contributed by atoms with E-state index in [0.717, 1.165) is 15.2 Å². The maximum absolute atomic E-state index is 13.2. The van der Waals surface area contributed by atoms with E-state index < -0.39 is 29.4 Å². The predicted octanol–water partition coefficient (Wildman–Crippen LogP) is 5.46. The fraction of sp³-hybridized carbons (Fsp3) is 0.381. The van der Waals surface area contributed by atoms with Crippen molar-refractivity contribution in [2.24, 2.45) is 0 Å². The first kappa shape index (κ1) is 19.7. The molecule has 0 bridgehead atoms. The molecule has 0 aromatic heterocycles. The lowest BCUT2D eigenvalue weighted by molar-refractivity contribution is 0.0577. The van der Waals surface area contributed by atoms with E-state index in [2.05, 4.69) is 0 Å². The molecule has 148 valence electrons. The molecule has 0 N–H and O–H groups in total. The van der Waals surface area contributed by atoms with Crippen LogP contribution in [0.4, 0.5) is 25.8 Å². The van der Waals surface area contributed by atoms with Crippen molar-refractivity contribution in [3.05, 3.63) is 36.4 Å². The zero-order valence-corrected chi connectivity index (χ0v) is 16.9. The van der Waals surface area contributed by atoms with Gasteiger partial charge in [0.15, 0.2) is 0 Å². The third-order valence-electron chi connectivity index (χ3n) is 3.88. The highest BCUT2D eigenvalue weighted by Crippen LogP contribution is 2.41. The van der Waals surface area contributed by atoms with Crippen LogP contribution in [-0.4, -0.2) is 29.4 Å². The molecule has 0 radical (unpaired) electrons. The fourth-order valence-corrected chi connectivity index (χ4v) is 2.95. The van der Waals surface area contributed by atoms with Gasteiger partial charge in [-0.05, 0) is 59.1 Å². The van der Waals surface area contributed by atoms with Crippen LogP contribution in [0, 0.1) is 0 Å². The topological polar surface area (TPSA) is 76.2 Å². The molecule has 7 nitrogen and oxygen atoms in total. The van der Waals surface area contributed by atoms with Gasteiger partial charge in [-0.25, -0.2) is 14.4 Å². The molecule has 0 spiro atoms. The average molecular weight is 384 g/mol. The highest BCUT2D eigenvalue weighted by Gasteiger charge is 2.42. The Morgan fingerprint density at radius 2 is 1.14 bits per heavy atom. The van der Waals surface area contributed by atoms with Crippen molar-refractivity contribution < 1.29 is 23.9 Å². The number of imide groups is 2. The smallest absolute Gasteiger partial charge is 0.423 e. The largest absolute Gasteiger partial charge is 0.443 e. The summed E-state index contributed by atoms with van der Waals surface area (Å²) in [6.07, 6.45) is -1.71. The molecule has 0 fully saturated rings. The molecule has 7 heteroatoms. The van der Waals surface area contributed by atoms with Crippen LogP contribution in [0.15, 0.2) is 36.4 Å². The number of hydrogen-bond acceptors (Lipinski definition) is 5. The van der Waals surface area contributed by atoms with Crippen LogP contribution in [-0.2, 0) is 9.47 Å². The normalized spacial score (nSPS) is 14.3. The lowest BCUT2D eigenvalue weighted by Gasteiger charge is -2.35. The van der Waals surface area contributed by atoms with Crippen LogP contribution in [0.5, 0.6) is 0 Å². The van der Waals surface area contributed by atoms with Crippen molar-refractivity contribution in [2.45, 2.75) is 52.7 Å². The van der Waals surface area contributed by atoms with E-state index in [1.54, 1.807) is 65.8 Å². The summed E-state index contributed by atoms with van der Waals surface area (Å²) in [5.74, 6) is 0. The summed E-state index contributed by atoms with van der Waals surface area (Å²) in [5.41, 5.74) is -0.878. The summed E-state index contributed by atoms with van der Waals surface area (Å²) in [6.45, 7) is 10.2. The Morgan fingerprint density at radius 3 is 1.50 bits per heavy atom. The van der Waals surface area contributed by atoms with Gasteiger partial charge in [-0.3, -0.25) is 0 Å². The first-order chi connectivity index (χ1) is 12.9. The van der Waals surface area contributed by atoms with Crippen molar-refractivity contribution in [3.8, 4) is 0 Å². The molecule has 4 amide bonds. The number of amides is 4. The second-order valence-corrected chi connectivity index (χ2v) is 8.57. The molecule has 0 unspecified atom stereocenters. The van der Waals surface area contributed by atoms with Crippen molar-refractivity contribution in [2.75, 3.05) is 9.80 Å². The Bertz CT molecular complexity index is 896. The number of ether oxygens (including phenoxy) is 2. The highest BCUT2D eigenvalue weighted by molar-refractivity contribution is 6.33.